The third-order valence-corrected chi connectivity index (χ3v) is 10.7. The third kappa shape index (κ3) is 4.23. The lowest BCUT2D eigenvalue weighted by Gasteiger charge is -2.63. The van der Waals surface area contributed by atoms with Gasteiger partial charge in [-0.25, -0.2) is 0 Å². The molecular formula is C26H43NO6. The lowest BCUT2D eigenvalue weighted by Crippen LogP contribution is -2.64. The Bertz CT molecular complexity index is 759. The van der Waals surface area contributed by atoms with Gasteiger partial charge < -0.3 is 25.7 Å². The van der Waals surface area contributed by atoms with Crippen molar-refractivity contribution in [3.8, 4) is 0 Å². The zero-order chi connectivity index (χ0) is 24.1. The van der Waals surface area contributed by atoms with Crippen molar-refractivity contribution in [2.45, 2.75) is 96.9 Å². The van der Waals surface area contributed by atoms with Gasteiger partial charge >= 0.3 is 5.97 Å². The lowest BCUT2D eigenvalue weighted by atomic mass is 9.43. The second kappa shape index (κ2) is 9.12. The lowest BCUT2D eigenvalue weighted by molar-refractivity contribution is -0.223. The molecule has 0 radical (unpaired) electrons. The van der Waals surface area contributed by atoms with E-state index in [0.717, 1.165) is 44.9 Å². The molecule has 33 heavy (non-hydrogen) atoms. The normalized spacial score (nSPS) is 47.7. The summed E-state index contributed by atoms with van der Waals surface area (Å²) in [5.41, 5.74) is 0.0476. The van der Waals surface area contributed by atoms with Crippen molar-refractivity contribution in [3.05, 3.63) is 0 Å². The molecule has 5 N–H and O–H groups in total. The van der Waals surface area contributed by atoms with Crippen molar-refractivity contribution in [3.63, 3.8) is 0 Å². The van der Waals surface area contributed by atoms with Gasteiger partial charge in [0.25, 0.3) is 0 Å². The highest BCUT2D eigenvalue weighted by Gasteiger charge is 2.65. The van der Waals surface area contributed by atoms with Gasteiger partial charge in [-0.1, -0.05) is 20.8 Å². The zero-order valence-corrected chi connectivity index (χ0v) is 20.4. The molecule has 4 aliphatic carbocycles. The fourth-order valence-electron chi connectivity index (χ4n) is 9.04. The minimum atomic E-state index is -1.03. The topological polar surface area (TPSA) is 127 Å². The summed E-state index contributed by atoms with van der Waals surface area (Å²) in [4.78, 5) is 22.7. The zero-order valence-electron chi connectivity index (χ0n) is 20.4. The van der Waals surface area contributed by atoms with Crippen molar-refractivity contribution < 1.29 is 30.0 Å². The third-order valence-electron chi connectivity index (χ3n) is 10.7. The maximum Gasteiger partial charge on any atom is 0.322 e. The molecule has 0 heterocycles. The quantitative estimate of drug-likeness (QED) is 0.410. The molecule has 0 saturated heterocycles. The number of carboxylic acids is 1. The smallest absolute Gasteiger partial charge is 0.322 e. The Labute approximate surface area is 197 Å². The summed E-state index contributed by atoms with van der Waals surface area (Å²) in [5.74, 6) is 0.340. The first-order valence-electron chi connectivity index (χ1n) is 13.0. The number of fused-ring (bicyclic) bond motifs is 5. The molecule has 7 heteroatoms. The number of aliphatic carboxylic acids is 1. The Morgan fingerprint density at radius 1 is 0.939 bits per heavy atom. The van der Waals surface area contributed by atoms with Crippen LogP contribution >= 0.6 is 0 Å². The molecule has 188 valence electrons. The maximum atomic E-state index is 12.0. The van der Waals surface area contributed by atoms with Gasteiger partial charge in [0, 0.05) is 6.42 Å². The van der Waals surface area contributed by atoms with Gasteiger partial charge in [-0.3, -0.25) is 9.59 Å². The molecule has 4 aliphatic rings. The summed E-state index contributed by atoms with van der Waals surface area (Å²) in [6, 6.07) is 0. The van der Waals surface area contributed by atoms with Crippen molar-refractivity contribution in [1.82, 2.24) is 5.32 Å². The molecule has 7 nitrogen and oxygen atoms in total. The van der Waals surface area contributed by atoms with Gasteiger partial charge in [0.05, 0.1) is 18.3 Å². The fraction of sp³-hybridized carbons (Fsp3) is 0.923. The van der Waals surface area contributed by atoms with E-state index in [4.69, 9.17) is 5.11 Å². The van der Waals surface area contributed by atoms with Crippen LogP contribution in [0.5, 0.6) is 0 Å². The highest BCUT2D eigenvalue weighted by atomic mass is 16.4. The fourth-order valence-corrected chi connectivity index (χ4v) is 9.04. The largest absolute Gasteiger partial charge is 0.480 e. The van der Waals surface area contributed by atoms with Crippen LogP contribution < -0.4 is 5.32 Å². The highest BCUT2D eigenvalue weighted by Crippen LogP contribution is 2.68. The molecule has 1 amide bonds. The number of nitrogens with one attached hydrogen (secondary N) is 1. The number of carbonyl (C=O) groups is 2. The number of hydrogen-bond donors (Lipinski definition) is 5. The first kappa shape index (κ1) is 24.9. The Hall–Kier alpha value is -1.18. The molecule has 0 aliphatic heterocycles. The number of rotatable bonds is 6. The van der Waals surface area contributed by atoms with E-state index in [1.165, 1.54) is 0 Å². The van der Waals surface area contributed by atoms with E-state index < -0.39 is 18.2 Å². The summed E-state index contributed by atoms with van der Waals surface area (Å²) < 4.78 is 0. The highest BCUT2D eigenvalue weighted by molar-refractivity contribution is 5.81. The van der Waals surface area contributed by atoms with E-state index >= 15 is 0 Å². The number of amides is 1. The van der Waals surface area contributed by atoms with Crippen LogP contribution in [0.2, 0.25) is 0 Å². The van der Waals surface area contributed by atoms with Crippen molar-refractivity contribution >= 4 is 11.9 Å². The molecule has 0 aromatic carbocycles. The molecule has 11 atom stereocenters. The summed E-state index contributed by atoms with van der Waals surface area (Å²) in [7, 11) is 0. The Morgan fingerprint density at radius 2 is 1.61 bits per heavy atom. The van der Waals surface area contributed by atoms with Crippen LogP contribution in [0.1, 0.15) is 78.6 Å². The maximum absolute atomic E-state index is 12.0. The minimum Gasteiger partial charge on any atom is -0.480 e. The van der Waals surface area contributed by atoms with Crippen molar-refractivity contribution in [2.24, 2.45) is 46.3 Å². The van der Waals surface area contributed by atoms with Gasteiger partial charge in [-0.15, -0.1) is 0 Å². The number of aliphatic hydroxyl groups excluding tert-OH is 3. The molecule has 0 aromatic heterocycles. The Morgan fingerprint density at radius 3 is 2.30 bits per heavy atom. The van der Waals surface area contributed by atoms with Crippen LogP contribution in [-0.2, 0) is 9.59 Å². The van der Waals surface area contributed by atoms with Crippen LogP contribution in [0.4, 0.5) is 0 Å². The van der Waals surface area contributed by atoms with Gasteiger partial charge in [0.1, 0.15) is 6.54 Å². The Kier molecular flexibility index (Phi) is 6.89. The monoisotopic (exact) mass is 465 g/mol. The van der Waals surface area contributed by atoms with E-state index in [-0.39, 0.29) is 41.2 Å². The number of hydrogen-bond acceptors (Lipinski definition) is 5. The average molecular weight is 466 g/mol. The molecule has 0 aromatic rings. The van der Waals surface area contributed by atoms with E-state index in [0.29, 0.717) is 36.5 Å². The SMILES string of the molecule is CC(CCC(=O)NCC(=O)O)C1CCC2C3C(O)C(O)C4C[C@H](O)CC[C@]4(C)C3CC[C@]12C. The number of carboxylic acid groups (broad SMARTS) is 1. The Balaban J connectivity index is 1.47. The van der Waals surface area contributed by atoms with Gasteiger partial charge in [0.15, 0.2) is 0 Å². The summed E-state index contributed by atoms with van der Waals surface area (Å²) >= 11 is 0. The van der Waals surface area contributed by atoms with Crippen LogP contribution in [0.15, 0.2) is 0 Å². The minimum absolute atomic E-state index is 0.0319. The summed E-state index contributed by atoms with van der Waals surface area (Å²) in [6.45, 7) is 6.53. The molecule has 4 fully saturated rings. The molecule has 8 unspecified atom stereocenters. The predicted molar refractivity (Wildman–Crippen MR) is 123 cm³/mol. The second-order valence-electron chi connectivity index (χ2n) is 12.2. The van der Waals surface area contributed by atoms with Crippen LogP contribution in [0, 0.1) is 46.3 Å². The predicted octanol–water partition coefficient (Wildman–Crippen LogP) is 2.56. The van der Waals surface area contributed by atoms with Gasteiger partial charge in [-0.2, -0.15) is 0 Å². The first-order chi connectivity index (χ1) is 15.5. The van der Waals surface area contributed by atoms with Crippen molar-refractivity contribution in [1.29, 1.82) is 0 Å². The van der Waals surface area contributed by atoms with E-state index in [1.54, 1.807) is 0 Å². The standard InChI is InChI=1S/C26H43NO6/c1-14(4-7-20(29)27-13-21(30)31)16-5-6-17-22-18(9-11-25(16,17)2)26(3)10-8-15(28)12-19(26)23(32)24(22)33/h14-19,22-24,28,32-33H,4-13H2,1-3H3,(H,27,29)(H,30,31)/t14?,15-,16?,17?,18?,19?,22?,23?,24?,25-,26-/m1/s1. The van der Waals surface area contributed by atoms with Crippen LogP contribution in [-0.4, -0.2) is 57.2 Å². The summed E-state index contributed by atoms with van der Waals surface area (Å²) in [6.07, 6.45) is 5.74. The second-order valence-corrected chi connectivity index (χ2v) is 12.2. The molecule has 0 bridgehead atoms. The number of aliphatic hydroxyl groups is 3. The van der Waals surface area contributed by atoms with Gasteiger partial charge in [-0.05, 0) is 97.7 Å². The van der Waals surface area contributed by atoms with Gasteiger partial charge in [0.2, 0.25) is 5.91 Å². The van der Waals surface area contributed by atoms with E-state index in [9.17, 15) is 24.9 Å². The molecule has 4 rings (SSSR count). The summed E-state index contributed by atoms with van der Waals surface area (Å²) in [5, 5.41) is 44.0. The molecule has 4 saturated carbocycles. The molecule has 0 spiro atoms. The van der Waals surface area contributed by atoms with Crippen LogP contribution in [0.3, 0.4) is 0 Å². The van der Waals surface area contributed by atoms with E-state index in [2.05, 4.69) is 26.1 Å². The van der Waals surface area contributed by atoms with E-state index in [1.807, 2.05) is 0 Å². The first-order valence-corrected chi connectivity index (χ1v) is 13.0. The average Bonchev–Trinajstić information content (AvgIpc) is 3.12. The van der Waals surface area contributed by atoms with Crippen LogP contribution in [0.25, 0.3) is 0 Å². The number of carbonyl (C=O) groups excluding carboxylic acids is 1. The van der Waals surface area contributed by atoms with Crippen molar-refractivity contribution in [2.75, 3.05) is 6.54 Å². The molecular weight excluding hydrogens is 422 g/mol.